The van der Waals surface area contributed by atoms with Crippen molar-refractivity contribution in [1.82, 2.24) is 19.6 Å². The Kier molecular flexibility index (Phi) is 4.52. The normalized spacial score (nSPS) is 14.2. The number of morpholine rings is 1. The zero-order chi connectivity index (χ0) is 20.5. The van der Waals surface area contributed by atoms with Crippen LogP contribution in [0.5, 0.6) is 0 Å². The number of amides is 1. The van der Waals surface area contributed by atoms with Crippen LogP contribution in [0.15, 0.2) is 53.5 Å². The predicted octanol–water partition coefficient (Wildman–Crippen LogP) is 2.06. The summed E-state index contributed by atoms with van der Waals surface area (Å²) in [5.74, 6) is 0.414. The molecule has 5 rings (SSSR count). The molecule has 0 spiro atoms. The Morgan fingerprint density at radius 2 is 1.93 bits per heavy atom. The average Bonchev–Trinajstić information content (AvgIpc) is 3.46. The Hall–Kier alpha value is -3.92. The standard InChI is InChI=1S/C20H19N7O3/c21-18(28)13-9-17(30-11-13)16-10-22-19(20-23-12-24-27(16)20)25-14-1-3-15(4-2-14)26-5-7-29-8-6-26/h1-4,9-12H,5-8H2,(H2,21,28)(H,22,25). The smallest absolute Gasteiger partial charge is 0.251 e. The number of nitrogens with zero attached hydrogens (tertiary/aromatic N) is 5. The van der Waals surface area contributed by atoms with Gasteiger partial charge in [0.25, 0.3) is 5.91 Å². The average molecular weight is 405 g/mol. The number of primary amides is 1. The molecule has 1 aromatic carbocycles. The Morgan fingerprint density at radius 1 is 1.13 bits per heavy atom. The second-order valence-electron chi connectivity index (χ2n) is 6.82. The van der Waals surface area contributed by atoms with E-state index in [0.717, 1.165) is 37.7 Å². The number of rotatable bonds is 5. The van der Waals surface area contributed by atoms with E-state index in [1.165, 1.54) is 12.6 Å². The molecule has 1 aliphatic heterocycles. The van der Waals surface area contributed by atoms with E-state index in [0.29, 0.717) is 22.9 Å². The molecule has 4 heterocycles. The molecule has 10 nitrogen and oxygen atoms in total. The van der Waals surface area contributed by atoms with Gasteiger partial charge in [0.05, 0.1) is 25.0 Å². The van der Waals surface area contributed by atoms with E-state index in [1.54, 1.807) is 16.8 Å². The fraction of sp³-hybridized carbons (Fsp3) is 0.200. The highest BCUT2D eigenvalue weighted by atomic mass is 16.5. The van der Waals surface area contributed by atoms with Crippen molar-refractivity contribution >= 4 is 28.7 Å². The van der Waals surface area contributed by atoms with Gasteiger partial charge < -0.3 is 25.1 Å². The van der Waals surface area contributed by atoms with Crippen LogP contribution in [0.3, 0.4) is 0 Å². The zero-order valence-electron chi connectivity index (χ0n) is 16.0. The van der Waals surface area contributed by atoms with Gasteiger partial charge in [-0.2, -0.15) is 5.10 Å². The van der Waals surface area contributed by atoms with E-state index in [4.69, 9.17) is 14.9 Å². The third-order valence-electron chi connectivity index (χ3n) is 4.95. The number of furan rings is 1. The molecular formula is C20H19N7O3. The lowest BCUT2D eigenvalue weighted by Gasteiger charge is -2.28. The highest BCUT2D eigenvalue weighted by Crippen LogP contribution is 2.27. The molecule has 0 unspecified atom stereocenters. The summed E-state index contributed by atoms with van der Waals surface area (Å²) in [5, 5.41) is 7.54. The monoisotopic (exact) mass is 405 g/mol. The molecule has 3 aromatic heterocycles. The summed E-state index contributed by atoms with van der Waals surface area (Å²) in [6, 6.07) is 9.68. The number of carbonyl (C=O) groups is 1. The van der Waals surface area contributed by atoms with E-state index < -0.39 is 5.91 Å². The summed E-state index contributed by atoms with van der Waals surface area (Å²) in [5.41, 5.74) is 8.70. The number of aromatic nitrogens is 4. The molecule has 3 N–H and O–H groups in total. The zero-order valence-corrected chi connectivity index (χ0v) is 16.0. The van der Waals surface area contributed by atoms with E-state index in [2.05, 4.69) is 37.4 Å². The molecule has 10 heteroatoms. The first kappa shape index (κ1) is 18.1. The van der Waals surface area contributed by atoms with Crippen LogP contribution in [0.4, 0.5) is 17.2 Å². The fourth-order valence-electron chi connectivity index (χ4n) is 3.39. The van der Waals surface area contributed by atoms with Crippen molar-refractivity contribution in [2.45, 2.75) is 0 Å². The van der Waals surface area contributed by atoms with Crippen LogP contribution in [0.2, 0.25) is 0 Å². The number of carbonyl (C=O) groups excluding carboxylic acids is 1. The van der Waals surface area contributed by atoms with Gasteiger partial charge in [-0.1, -0.05) is 0 Å². The van der Waals surface area contributed by atoms with Gasteiger partial charge in [0.2, 0.25) is 0 Å². The van der Waals surface area contributed by atoms with E-state index in [-0.39, 0.29) is 5.56 Å². The number of nitrogens with one attached hydrogen (secondary N) is 1. The molecule has 4 aromatic rings. The van der Waals surface area contributed by atoms with E-state index >= 15 is 0 Å². The van der Waals surface area contributed by atoms with Gasteiger partial charge in [0, 0.05) is 24.5 Å². The summed E-state index contributed by atoms with van der Waals surface area (Å²) < 4.78 is 12.5. The molecule has 0 aliphatic carbocycles. The van der Waals surface area contributed by atoms with Crippen LogP contribution in [-0.2, 0) is 4.74 Å². The SMILES string of the molecule is NC(=O)c1coc(-c2cnc(Nc3ccc(N4CCOCC4)cc3)c3ncnn23)c1. The second-order valence-corrected chi connectivity index (χ2v) is 6.82. The van der Waals surface area contributed by atoms with Gasteiger partial charge in [-0.3, -0.25) is 4.79 Å². The summed E-state index contributed by atoms with van der Waals surface area (Å²) in [6.07, 6.45) is 4.35. The molecule has 0 bridgehead atoms. The van der Waals surface area contributed by atoms with Crippen LogP contribution in [-0.4, -0.2) is 51.8 Å². The Balaban J connectivity index is 1.41. The molecule has 0 saturated carbocycles. The predicted molar refractivity (Wildman–Crippen MR) is 110 cm³/mol. The molecular weight excluding hydrogens is 386 g/mol. The highest BCUT2D eigenvalue weighted by Gasteiger charge is 2.16. The molecule has 30 heavy (non-hydrogen) atoms. The number of hydrogen-bond acceptors (Lipinski definition) is 8. The molecule has 1 saturated heterocycles. The lowest BCUT2D eigenvalue weighted by atomic mass is 10.2. The lowest BCUT2D eigenvalue weighted by Crippen LogP contribution is -2.36. The van der Waals surface area contributed by atoms with Crippen LogP contribution in [0.1, 0.15) is 10.4 Å². The van der Waals surface area contributed by atoms with E-state index in [1.807, 2.05) is 12.1 Å². The maximum Gasteiger partial charge on any atom is 0.251 e. The number of nitrogens with two attached hydrogens (primary N) is 1. The van der Waals surface area contributed by atoms with Crippen molar-refractivity contribution < 1.29 is 13.9 Å². The minimum atomic E-state index is -0.563. The quantitative estimate of drug-likeness (QED) is 0.517. The highest BCUT2D eigenvalue weighted by molar-refractivity contribution is 5.93. The van der Waals surface area contributed by atoms with Gasteiger partial charge in [-0.15, -0.1) is 0 Å². The summed E-state index contributed by atoms with van der Waals surface area (Å²) in [6.45, 7) is 3.27. The maximum absolute atomic E-state index is 11.3. The second kappa shape index (κ2) is 7.48. The first-order valence-corrected chi connectivity index (χ1v) is 9.46. The van der Waals surface area contributed by atoms with Crippen LogP contribution < -0.4 is 16.0 Å². The molecule has 1 fully saturated rings. The number of benzene rings is 1. The van der Waals surface area contributed by atoms with Gasteiger partial charge >= 0.3 is 0 Å². The van der Waals surface area contributed by atoms with Gasteiger partial charge in [-0.05, 0) is 30.3 Å². The largest absolute Gasteiger partial charge is 0.462 e. The number of fused-ring (bicyclic) bond motifs is 1. The van der Waals surface area contributed by atoms with Crippen LogP contribution >= 0.6 is 0 Å². The van der Waals surface area contributed by atoms with Crippen molar-refractivity contribution in [2.24, 2.45) is 5.73 Å². The Bertz CT molecular complexity index is 1190. The van der Waals surface area contributed by atoms with Crippen LogP contribution in [0.25, 0.3) is 17.1 Å². The number of ether oxygens (including phenoxy) is 1. The summed E-state index contributed by atoms with van der Waals surface area (Å²) >= 11 is 0. The third-order valence-corrected chi connectivity index (χ3v) is 4.95. The molecule has 0 radical (unpaired) electrons. The van der Waals surface area contributed by atoms with E-state index in [9.17, 15) is 4.79 Å². The van der Waals surface area contributed by atoms with Crippen molar-refractivity contribution in [1.29, 1.82) is 0 Å². The van der Waals surface area contributed by atoms with Crippen molar-refractivity contribution in [3.05, 3.63) is 54.7 Å². The molecule has 0 atom stereocenters. The minimum absolute atomic E-state index is 0.279. The van der Waals surface area contributed by atoms with Crippen molar-refractivity contribution in [3.63, 3.8) is 0 Å². The minimum Gasteiger partial charge on any atom is -0.462 e. The van der Waals surface area contributed by atoms with Crippen molar-refractivity contribution in [3.8, 4) is 11.5 Å². The molecule has 1 aliphatic rings. The first-order valence-electron chi connectivity index (χ1n) is 9.46. The third kappa shape index (κ3) is 3.33. The molecule has 1 amide bonds. The summed E-state index contributed by atoms with van der Waals surface area (Å²) in [4.78, 5) is 22.4. The first-order chi connectivity index (χ1) is 14.7. The molecule has 152 valence electrons. The maximum atomic E-state index is 11.3. The Morgan fingerprint density at radius 3 is 2.67 bits per heavy atom. The Labute approximate surface area is 171 Å². The fourth-order valence-corrected chi connectivity index (χ4v) is 3.39. The van der Waals surface area contributed by atoms with Gasteiger partial charge in [-0.25, -0.2) is 14.5 Å². The van der Waals surface area contributed by atoms with Gasteiger partial charge in [0.15, 0.2) is 17.2 Å². The van der Waals surface area contributed by atoms with Crippen molar-refractivity contribution in [2.75, 3.05) is 36.5 Å². The number of anilines is 3. The summed E-state index contributed by atoms with van der Waals surface area (Å²) in [7, 11) is 0. The number of hydrogen-bond donors (Lipinski definition) is 2. The van der Waals surface area contributed by atoms with Crippen LogP contribution in [0, 0.1) is 0 Å². The topological polar surface area (TPSA) is 124 Å². The van der Waals surface area contributed by atoms with Gasteiger partial charge in [0.1, 0.15) is 18.3 Å². The lowest BCUT2D eigenvalue weighted by molar-refractivity contribution is 0.0999.